The second-order valence-electron chi connectivity index (χ2n) is 12.6. The first-order valence-electron chi connectivity index (χ1n) is 18.6. The molecule has 0 aliphatic rings. The molecule has 0 unspecified atom stereocenters. The maximum absolute atomic E-state index is 12.4. The van der Waals surface area contributed by atoms with Gasteiger partial charge in [-0.3, -0.25) is 57.7 Å². The van der Waals surface area contributed by atoms with Gasteiger partial charge in [0.25, 0.3) is 22.9 Å². The highest BCUT2D eigenvalue weighted by Gasteiger charge is 2.20. The molecule has 0 aliphatic heterocycles. The van der Waals surface area contributed by atoms with Crippen molar-refractivity contribution in [3.05, 3.63) is 65.2 Å². The van der Waals surface area contributed by atoms with Gasteiger partial charge in [0.1, 0.15) is 11.1 Å². The third-order valence-corrected chi connectivity index (χ3v) is 8.30. The maximum atomic E-state index is 12.4. The Morgan fingerprint density at radius 2 is 0.857 bits per heavy atom. The van der Waals surface area contributed by atoms with Gasteiger partial charge in [-0.25, -0.2) is 19.2 Å². The second kappa shape index (κ2) is 24.6. The highest BCUT2D eigenvalue weighted by molar-refractivity contribution is 6.03. The lowest BCUT2D eigenvalue weighted by Crippen LogP contribution is -2.43. The Labute approximate surface area is 322 Å². The third kappa shape index (κ3) is 15.5. The van der Waals surface area contributed by atoms with Crippen LogP contribution in [0.5, 0.6) is 0 Å². The molecule has 20 nitrogen and oxygen atoms in total. The third-order valence-electron chi connectivity index (χ3n) is 8.30. The largest absolute Gasteiger partial charge is 0.466 e. The Bertz CT molecular complexity index is 1790. The molecular weight excluding hydrogens is 740 g/mol. The fourth-order valence-corrected chi connectivity index (χ4v) is 5.32. The van der Waals surface area contributed by atoms with Crippen LogP contribution in [-0.2, 0) is 55.7 Å². The lowest BCUT2D eigenvalue weighted by atomic mass is 10.1. The van der Waals surface area contributed by atoms with E-state index in [2.05, 4.69) is 9.47 Å². The zero-order valence-electron chi connectivity index (χ0n) is 32.4. The van der Waals surface area contributed by atoms with Crippen LogP contribution in [0.25, 0.3) is 0 Å². The van der Waals surface area contributed by atoms with E-state index in [9.17, 15) is 47.9 Å². The fraction of sp³-hybridized carbons (Fsp3) is 0.611. The van der Waals surface area contributed by atoms with Crippen molar-refractivity contribution < 1.29 is 47.7 Å². The van der Waals surface area contributed by atoms with Crippen molar-refractivity contribution in [1.29, 1.82) is 0 Å². The molecule has 0 bridgehead atoms. The first kappa shape index (κ1) is 46.3. The molecule has 0 spiro atoms. The summed E-state index contributed by atoms with van der Waals surface area (Å²) in [5.41, 5.74) is -3.89. The van der Waals surface area contributed by atoms with Gasteiger partial charge in [-0.05, 0) is 39.5 Å². The normalized spacial score (nSPS) is 10.7. The van der Waals surface area contributed by atoms with E-state index in [-0.39, 0.29) is 77.1 Å². The molecule has 2 heterocycles. The van der Waals surface area contributed by atoms with Crippen LogP contribution in [0.1, 0.15) is 112 Å². The summed E-state index contributed by atoms with van der Waals surface area (Å²) in [7, 11) is 2.42. The predicted octanol–water partition coefficient (Wildman–Crippen LogP) is 1.65. The summed E-state index contributed by atoms with van der Waals surface area (Å²) in [4.78, 5) is 122. The summed E-state index contributed by atoms with van der Waals surface area (Å²) in [5, 5.41) is 3.84. The Hall–Kier alpha value is -5.82. The van der Waals surface area contributed by atoms with Crippen molar-refractivity contribution in [1.82, 2.24) is 28.9 Å². The number of alkyl carbamates (subject to hydrolysis) is 2. The standard InChI is InChI=1S/C36H52N6O14/c1-5-53-33(49)37-29(45)25-23-41(35(51)39(3)31(25)47)19-15-21-55-27(43)17-13-11-9-7-8-10-12-14-18-28(44)56-22-16-20-42-24-26(32(48)40(4)36(42)52)30(46)38-34(50)54-6-2/h23-24H,5-22H2,1-4H3,(H,37,45,49)(H,38,46,50). The molecule has 310 valence electrons. The van der Waals surface area contributed by atoms with Gasteiger partial charge in [0, 0.05) is 52.4 Å². The van der Waals surface area contributed by atoms with E-state index in [0.717, 1.165) is 69.2 Å². The van der Waals surface area contributed by atoms with Crippen LogP contribution >= 0.6 is 0 Å². The lowest BCUT2D eigenvalue weighted by molar-refractivity contribution is -0.144. The molecule has 0 saturated carbocycles. The van der Waals surface area contributed by atoms with Crippen molar-refractivity contribution in [3.63, 3.8) is 0 Å². The minimum atomic E-state index is -1.02. The molecule has 56 heavy (non-hydrogen) atoms. The maximum Gasteiger partial charge on any atom is 0.414 e. The van der Waals surface area contributed by atoms with Crippen molar-refractivity contribution in [2.24, 2.45) is 14.1 Å². The number of hydrogen-bond donors (Lipinski definition) is 2. The number of esters is 2. The van der Waals surface area contributed by atoms with Gasteiger partial charge in [-0.1, -0.05) is 38.5 Å². The van der Waals surface area contributed by atoms with Crippen molar-refractivity contribution >= 4 is 35.9 Å². The van der Waals surface area contributed by atoms with Gasteiger partial charge in [0.2, 0.25) is 0 Å². The van der Waals surface area contributed by atoms with Gasteiger partial charge in [-0.2, -0.15) is 0 Å². The zero-order chi connectivity index (χ0) is 41.6. The molecule has 0 aromatic carbocycles. The van der Waals surface area contributed by atoms with Crippen molar-refractivity contribution in [3.8, 4) is 0 Å². The molecule has 2 rings (SSSR count). The number of amides is 4. The molecule has 0 aliphatic carbocycles. The molecular formula is C36H52N6O14. The number of unbranched alkanes of at least 4 members (excludes halogenated alkanes) is 7. The highest BCUT2D eigenvalue weighted by Crippen LogP contribution is 2.11. The summed E-state index contributed by atoms with van der Waals surface area (Å²) < 4.78 is 23.5. The van der Waals surface area contributed by atoms with E-state index in [1.807, 2.05) is 10.6 Å². The molecule has 0 atom stereocenters. The molecule has 0 radical (unpaired) electrons. The number of aromatic nitrogens is 4. The number of ether oxygens (including phenoxy) is 4. The molecule has 0 fully saturated rings. The summed E-state index contributed by atoms with van der Waals surface area (Å²) in [6, 6.07) is 0. The summed E-state index contributed by atoms with van der Waals surface area (Å²) in [6.45, 7) is 3.36. The average Bonchev–Trinajstić information content (AvgIpc) is 3.15. The second-order valence-corrected chi connectivity index (χ2v) is 12.6. The molecule has 2 N–H and O–H groups in total. The Morgan fingerprint density at radius 3 is 1.20 bits per heavy atom. The van der Waals surface area contributed by atoms with Crippen LogP contribution in [-0.4, -0.2) is 80.6 Å². The number of carbonyl (C=O) groups is 6. The van der Waals surface area contributed by atoms with Gasteiger partial charge in [0.05, 0.1) is 26.4 Å². The summed E-state index contributed by atoms with van der Waals surface area (Å²) >= 11 is 0. The van der Waals surface area contributed by atoms with E-state index in [1.165, 1.54) is 14.1 Å². The van der Waals surface area contributed by atoms with Gasteiger partial charge < -0.3 is 18.9 Å². The SMILES string of the molecule is CCOC(=O)NC(=O)c1cn(CCCOC(=O)CCCCCCCCCCC(=O)OCCCn2cc(C(=O)NC(=O)OCC)c(=O)n(C)c2=O)c(=O)n(C)c1=O. The minimum Gasteiger partial charge on any atom is -0.466 e. The van der Waals surface area contributed by atoms with Crippen LogP contribution in [0.3, 0.4) is 0 Å². The van der Waals surface area contributed by atoms with E-state index in [1.54, 1.807) is 13.8 Å². The Balaban J connectivity index is 1.55. The number of hydrogen-bond acceptors (Lipinski definition) is 14. The Kier molecular flexibility index (Phi) is 20.3. The van der Waals surface area contributed by atoms with Crippen LogP contribution in [0.2, 0.25) is 0 Å². The van der Waals surface area contributed by atoms with Crippen LogP contribution in [0.4, 0.5) is 9.59 Å². The fourth-order valence-electron chi connectivity index (χ4n) is 5.32. The smallest absolute Gasteiger partial charge is 0.414 e. The summed E-state index contributed by atoms with van der Waals surface area (Å²) in [6.07, 6.45) is 7.93. The van der Waals surface area contributed by atoms with Crippen LogP contribution < -0.4 is 33.1 Å². The van der Waals surface area contributed by atoms with E-state index < -0.39 is 57.6 Å². The van der Waals surface area contributed by atoms with Crippen LogP contribution in [0, 0.1) is 0 Å². The number of rotatable bonds is 23. The molecule has 2 aromatic rings. The number of imide groups is 2. The first-order valence-corrected chi connectivity index (χ1v) is 18.6. The minimum absolute atomic E-state index is 0.0263. The van der Waals surface area contributed by atoms with Gasteiger partial charge >= 0.3 is 35.5 Å². The average molecular weight is 793 g/mol. The first-order chi connectivity index (χ1) is 26.7. The van der Waals surface area contributed by atoms with E-state index in [4.69, 9.17) is 9.47 Å². The summed E-state index contributed by atoms with van der Waals surface area (Å²) in [5.74, 6) is -2.74. The lowest BCUT2D eigenvalue weighted by Gasteiger charge is -2.11. The van der Waals surface area contributed by atoms with Gasteiger partial charge in [0.15, 0.2) is 0 Å². The van der Waals surface area contributed by atoms with Gasteiger partial charge in [-0.15, -0.1) is 0 Å². The van der Waals surface area contributed by atoms with E-state index >= 15 is 0 Å². The molecule has 20 heteroatoms. The monoisotopic (exact) mass is 792 g/mol. The number of carbonyl (C=O) groups excluding carboxylic acids is 6. The van der Waals surface area contributed by atoms with E-state index in [0.29, 0.717) is 12.8 Å². The molecule has 2 aromatic heterocycles. The Morgan fingerprint density at radius 1 is 0.518 bits per heavy atom. The number of nitrogens with one attached hydrogen (secondary N) is 2. The zero-order valence-corrected chi connectivity index (χ0v) is 32.4. The van der Waals surface area contributed by atoms with Crippen molar-refractivity contribution in [2.45, 2.75) is 104 Å². The molecule has 0 saturated heterocycles. The topological polar surface area (TPSA) is 251 Å². The number of nitrogens with zero attached hydrogens (tertiary/aromatic N) is 4. The predicted molar refractivity (Wildman–Crippen MR) is 198 cm³/mol. The van der Waals surface area contributed by atoms with Crippen molar-refractivity contribution in [2.75, 3.05) is 26.4 Å². The van der Waals surface area contributed by atoms with Crippen LogP contribution in [0.15, 0.2) is 31.6 Å². The molecule has 4 amide bonds. The quantitative estimate of drug-likeness (QED) is 0.0923. The highest BCUT2D eigenvalue weighted by atomic mass is 16.6. The number of aryl methyl sites for hydroxylation is 2.